The maximum Gasteiger partial charge on any atom is 0.0705 e. The summed E-state index contributed by atoms with van der Waals surface area (Å²) in [4.78, 5) is 7.00. The van der Waals surface area contributed by atoms with Crippen LogP contribution in [0.1, 0.15) is 16.7 Å². The predicted octanol–water partition coefficient (Wildman–Crippen LogP) is 3.83. The van der Waals surface area contributed by atoms with E-state index in [4.69, 9.17) is 0 Å². The number of nitrogens with zero attached hydrogens (tertiary/aromatic N) is 2. The molecule has 0 amide bonds. The Hall–Kier alpha value is -2.39. The summed E-state index contributed by atoms with van der Waals surface area (Å²) in [5.74, 6) is 0. The zero-order valence-corrected chi connectivity index (χ0v) is 13.4. The minimum absolute atomic E-state index is 0.978. The summed E-state index contributed by atoms with van der Waals surface area (Å²) in [6, 6.07) is 17.1. The molecule has 0 aliphatic carbocycles. The lowest BCUT2D eigenvalue weighted by Crippen LogP contribution is -2.30. The number of fused-ring (bicyclic) bond motifs is 2. The molecule has 1 N–H and O–H groups in total. The van der Waals surface area contributed by atoms with Crippen LogP contribution in [0.25, 0.3) is 10.9 Å². The van der Waals surface area contributed by atoms with Crippen LogP contribution in [-0.2, 0) is 19.5 Å². The third-order valence-corrected chi connectivity index (χ3v) is 4.75. The van der Waals surface area contributed by atoms with E-state index in [9.17, 15) is 0 Å². The number of hydrogen-bond donors (Lipinski definition) is 1. The lowest BCUT2D eigenvalue weighted by atomic mass is 9.97. The molecular weight excluding hydrogens is 282 g/mol. The minimum Gasteiger partial charge on any atom is -0.388 e. The summed E-state index contributed by atoms with van der Waals surface area (Å²) in [7, 11) is 2.01. The average Bonchev–Trinajstić information content (AvgIpc) is 2.61. The first-order valence-electron chi connectivity index (χ1n) is 8.18. The van der Waals surface area contributed by atoms with Gasteiger partial charge in [0.1, 0.15) is 0 Å². The molecule has 4 rings (SSSR count). The lowest BCUT2D eigenvalue weighted by Gasteiger charge is -2.30. The predicted molar refractivity (Wildman–Crippen MR) is 95.5 cm³/mol. The highest BCUT2D eigenvalue weighted by atomic mass is 15.1. The van der Waals surface area contributed by atoms with Crippen LogP contribution < -0.4 is 5.32 Å². The molecular formula is C20H21N3. The number of nitrogens with one attached hydrogen (secondary N) is 1. The van der Waals surface area contributed by atoms with Crippen molar-refractivity contribution in [2.24, 2.45) is 0 Å². The van der Waals surface area contributed by atoms with E-state index in [0.29, 0.717) is 0 Å². The number of pyridine rings is 1. The van der Waals surface area contributed by atoms with Gasteiger partial charge in [0.05, 0.1) is 5.52 Å². The number of anilines is 1. The fourth-order valence-electron chi connectivity index (χ4n) is 3.57. The molecule has 0 bridgehead atoms. The topological polar surface area (TPSA) is 28.2 Å². The van der Waals surface area contributed by atoms with E-state index in [2.05, 4.69) is 63.7 Å². The SMILES string of the molecule is CNc1cccc2c1CCN(Cc1ccnc3ccccc13)C2. The second-order valence-electron chi connectivity index (χ2n) is 6.14. The first-order valence-corrected chi connectivity index (χ1v) is 8.18. The average molecular weight is 303 g/mol. The summed E-state index contributed by atoms with van der Waals surface area (Å²) in [6.07, 6.45) is 3.03. The maximum atomic E-state index is 4.47. The third-order valence-electron chi connectivity index (χ3n) is 4.75. The molecule has 3 aromatic rings. The minimum atomic E-state index is 0.978. The molecule has 3 nitrogen and oxygen atoms in total. The number of para-hydroxylation sites is 1. The first kappa shape index (κ1) is 14.2. The molecule has 0 fully saturated rings. The van der Waals surface area contributed by atoms with Crippen LogP contribution in [0.3, 0.4) is 0 Å². The van der Waals surface area contributed by atoms with Crippen molar-refractivity contribution in [2.75, 3.05) is 18.9 Å². The van der Waals surface area contributed by atoms with Crippen molar-refractivity contribution < 1.29 is 0 Å². The van der Waals surface area contributed by atoms with Gasteiger partial charge in [0.15, 0.2) is 0 Å². The van der Waals surface area contributed by atoms with Crippen LogP contribution in [0.2, 0.25) is 0 Å². The fourth-order valence-corrected chi connectivity index (χ4v) is 3.57. The molecule has 1 aromatic heterocycles. The Morgan fingerprint density at radius 2 is 2.00 bits per heavy atom. The van der Waals surface area contributed by atoms with Gasteiger partial charge in [-0.1, -0.05) is 30.3 Å². The van der Waals surface area contributed by atoms with Gasteiger partial charge in [0, 0.05) is 44.0 Å². The van der Waals surface area contributed by atoms with Gasteiger partial charge < -0.3 is 5.32 Å². The van der Waals surface area contributed by atoms with Crippen molar-refractivity contribution >= 4 is 16.6 Å². The lowest BCUT2D eigenvalue weighted by molar-refractivity contribution is 0.246. The Morgan fingerprint density at radius 1 is 1.09 bits per heavy atom. The first-order chi connectivity index (χ1) is 11.3. The Kier molecular flexibility index (Phi) is 3.72. The number of benzene rings is 2. The second kappa shape index (κ2) is 6.01. The molecule has 116 valence electrons. The zero-order valence-electron chi connectivity index (χ0n) is 13.4. The summed E-state index contributed by atoms with van der Waals surface area (Å²) >= 11 is 0. The van der Waals surface area contributed by atoms with Crippen LogP contribution in [0.5, 0.6) is 0 Å². The largest absolute Gasteiger partial charge is 0.388 e. The van der Waals surface area contributed by atoms with Gasteiger partial charge in [-0.05, 0) is 41.3 Å². The van der Waals surface area contributed by atoms with E-state index < -0.39 is 0 Å². The molecule has 1 aliphatic rings. The van der Waals surface area contributed by atoms with E-state index in [1.54, 1.807) is 0 Å². The second-order valence-corrected chi connectivity index (χ2v) is 6.14. The van der Waals surface area contributed by atoms with Crippen LogP contribution in [0.15, 0.2) is 54.7 Å². The van der Waals surface area contributed by atoms with Gasteiger partial charge in [-0.25, -0.2) is 0 Å². The molecule has 0 spiro atoms. The number of hydrogen-bond acceptors (Lipinski definition) is 3. The molecule has 3 heteroatoms. The van der Waals surface area contributed by atoms with Crippen molar-refractivity contribution in [3.63, 3.8) is 0 Å². The summed E-state index contributed by atoms with van der Waals surface area (Å²) < 4.78 is 0. The van der Waals surface area contributed by atoms with E-state index in [1.165, 1.54) is 27.8 Å². The summed E-state index contributed by atoms with van der Waals surface area (Å²) in [5, 5.41) is 4.59. The van der Waals surface area contributed by atoms with Crippen LogP contribution >= 0.6 is 0 Å². The number of aromatic nitrogens is 1. The standard InChI is InChI=1S/C20H21N3/c1-21-19-8-4-5-15-13-23(12-10-18(15)19)14-16-9-11-22-20-7-3-2-6-17(16)20/h2-9,11,21H,10,12-14H2,1H3. The smallest absolute Gasteiger partial charge is 0.0705 e. The van der Waals surface area contributed by atoms with Crippen LogP contribution in [-0.4, -0.2) is 23.5 Å². The molecule has 0 radical (unpaired) electrons. The highest BCUT2D eigenvalue weighted by Crippen LogP contribution is 2.27. The van der Waals surface area contributed by atoms with Crippen LogP contribution in [0, 0.1) is 0 Å². The Bertz CT molecular complexity index is 836. The Morgan fingerprint density at radius 3 is 2.91 bits per heavy atom. The fraction of sp³-hybridized carbons (Fsp3) is 0.250. The van der Waals surface area contributed by atoms with Crippen LogP contribution in [0.4, 0.5) is 5.69 Å². The van der Waals surface area contributed by atoms with Gasteiger partial charge in [0.25, 0.3) is 0 Å². The van der Waals surface area contributed by atoms with Gasteiger partial charge in [-0.3, -0.25) is 9.88 Å². The van der Waals surface area contributed by atoms with Crippen molar-refractivity contribution in [2.45, 2.75) is 19.5 Å². The van der Waals surface area contributed by atoms with Crippen molar-refractivity contribution in [3.8, 4) is 0 Å². The zero-order chi connectivity index (χ0) is 15.6. The maximum absolute atomic E-state index is 4.47. The number of rotatable bonds is 3. The molecule has 0 saturated carbocycles. The van der Waals surface area contributed by atoms with Gasteiger partial charge in [-0.15, -0.1) is 0 Å². The monoisotopic (exact) mass is 303 g/mol. The molecule has 2 heterocycles. The molecule has 0 unspecified atom stereocenters. The summed E-state index contributed by atoms with van der Waals surface area (Å²) in [6.45, 7) is 3.09. The molecule has 1 aliphatic heterocycles. The van der Waals surface area contributed by atoms with Gasteiger partial charge in [0.2, 0.25) is 0 Å². The summed E-state index contributed by atoms with van der Waals surface area (Å²) in [5.41, 5.74) is 6.65. The van der Waals surface area contributed by atoms with Gasteiger partial charge in [-0.2, -0.15) is 0 Å². The van der Waals surface area contributed by atoms with Crippen molar-refractivity contribution in [3.05, 3.63) is 71.4 Å². The normalized spacial score (nSPS) is 14.7. The van der Waals surface area contributed by atoms with E-state index >= 15 is 0 Å². The molecule has 0 saturated heterocycles. The Labute approximate surface area is 137 Å². The van der Waals surface area contributed by atoms with E-state index in [0.717, 1.165) is 31.6 Å². The van der Waals surface area contributed by atoms with Crippen molar-refractivity contribution in [1.82, 2.24) is 9.88 Å². The molecule has 23 heavy (non-hydrogen) atoms. The van der Waals surface area contributed by atoms with Crippen molar-refractivity contribution in [1.29, 1.82) is 0 Å². The quantitative estimate of drug-likeness (QED) is 0.797. The third kappa shape index (κ3) is 2.68. The van der Waals surface area contributed by atoms with E-state index in [1.807, 2.05) is 13.2 Å². The Balaban J connectivity index is 1.60. The molecule has 0 atom stereocenters. The van der Waals surface area contributed by atoms with E-state index in [-0.39, 0.29) is 0 Å². The molecule has 2 aromatic carbocycles. The highest BCUT2D eigenvalue weighted by molar-refractivity contribution is 5.81. The van der Waals surface area contributed by atoms with Gasteiger partial charge >= 0.3 is 0 Å². The highest BCUT2D eigenvalue weighted by Gasteiger charge is 2.19.